The smallest absolute Gasteiger partial charge is 0.371 e. The Morgan fingerprint density at radius 2 is 2.16 bits per heavy atom. The SMILES string of the molecule is Cc1oc(C(=O)O)cc1CN[C@@H](C)c1ccncc1. The Bertz CT molecular complexity index is 563. The third-order valence-corrected chi connectivity index (χ3v) is 3.04. The Hall–Kier alpha value is -2.14. The van der Waals surface area contributed by atoms with Crippen molar-refractivity contribution in [3.63, 3.8) is 0 Å². The fourth-order valence-electron chi connectivity index (χ4n) is 1.83. The summed E-state index contributed by atoms with van der Waals surface area (Å²) in [5.41, 5.74) is 1.99. The molecule has 2 rings (SSSR count). The Morgan fingerprint density at radius 3 is 2.74 bits per heavy atom. The number of nitrogens with one attached hydrogen (secondary N) is 1. The number of furan rings is 1. The van der Waals surface area contributed by atoms with Crippen molar-refractivity contribution in [2.45, 2.75) is 26.4 Å². The van der Waals surface area contributed by atoms with Crippen molar-refractivity contribution in [2.24, 2.45) is 0 Å². The highest BCUT2D eigenvalue weighted by Gasteiger charge is 2.13. The molecule has 2 N–H and O–H groups in total. The number of nitrogens with zero attached hydrogens (tertiary/aromatic N) is 1. The molecule has 0 saturated heterocycles. The average molecular weight is 260 g/mol. The lowest BCUT2D eigenvalue weighted by Gasteiger charge is -2.13. The lowest BCUT2D eigenvalue weighted by molar-refractivity contribution is 0.0661. The molecule has 0 spiro atoms. The summed E-state index contributed by atoms with van der Waals surface area (Å²) < 4.78 is 5.16. The van der Waals surface area contributed by atoms with Crippen molar-refractivity contribution in [1.29, 1.82) is 0 Å². The summed E-state index contributed by atoms with van der Waals surface area (Å²) in [4.78, 5) is 14.8. The van der Waals surface area contributed by atoms with E-state index in [-0.39, 0.29) is 11.8 Å². The molecule has 0 fully saturated rings. The average Bonchev–Trinajstić information content (AvgIpc) is 2.79. The molecule has 5 nitrogen and oxygen atoms in total. The normalized spacial score (nSPS) is 12.3. The number of carbonyl (C=O) groups is 1. The van der Waals surface area contributed by atoms with Crippen LogP contribution in [0.3, 0.4) is 0 Å². The summed E-state index contributed by atoms with van der Waals surface area (Å²) in [5, 5.41) is 12.2. The Kier molecular flexibility index (Phi) is 3.97. The van der Waals surface area contributed by atoms with Gasteiger partial charge >= 0.3 is 5.97 Å². The van der Waals surface area contributed by atoms with E-state index in [9.17, 15) is 4.79 Å². The first kappa shape index (κ1) is 13.3. The highest BCUT2D eigenvalue weighted by molar-refractivity contribution is 5.84. The first-order chi connectivity index (χ1) is 9.08. The minimum atomic E-state index is -1.04. The monoisotopic (exact) mass is 260 g/mol. The molecule has 0 saturated carbocycles. The van der Waals surface area contributed by atoms with Gasteiger partial charge in [0.2, 0.25) is 5.76 Å². The molecule has 100 valence electrons. The van der Waals surface area contributed by atoms with Crippen LogP contribution in [0.4, 0.5) is 0 Å². The second-order valence-corrected chi connectivity index (χ2v) is 4.38. The second kappa shape index (κ2) is 5.67. The predicted octanol–water partition coefficient (Wildman–Crippen LogP) is 2.53. The molecular formula is C14H16N2O3. The van der Waals surface area contributed by atoms with Crippen molar-refractivity contribution in [1.82, 2.24) is 10.3 Å². The van der Waals surface area contributed by atoms with Gasteiger partial charge in [-0.3, -0.25) is 4.98 Å². The van der Waals surface area contributed by atoms with E-state index in [0.29, 0.717) is 12.3 Å². The van der Waals surface area contributed by atoms with E-state index in [2.05, 4.69) is 10.3 Å². The zero-order valence-corrected chi connectivity index (χ0v) is 10.9. The highest BCUT2D eigenvalue weighted by atomic mass is 16.4. The van der Waals surface area contributed by atoms with Gasteiger partial charge in [0.25, 0.3) is 0 Å². The topological polar surface area (TPSA) is 75.4 Å². The highest BCUT2D eigenvalue weighted by Crippen LogP contribution is 2.17. The summed E-state index contributed by atoms with van der Waals surface area (Å²) in [6, 6.07) is 5.61. The van der Waals surface area contributed by atoms with Gasteiger partial charge in [0.15, 0.2) is 0 Å². The minimum Gasteiger partial charge on any atom is -0.475 e. The Morgan fingerprint density at radius 1 is 1.47 bits per heavy atom. The molecule has 0 aliphatic carbocycles. The van der Waals surface area contributed by atoms with Crippen LogP contribution in [0, 0.1) is 6.92 Å². The molecule has 2 heterocycles. The lowest BCUT2D eigenvalue weighted by Crippen LogP contribution is -2.18. The van der Waals surface area contributed by atoms with Crippen LogP contribution in [0.1, 0.15) is 40.4 Å². The third kappa shape index (κ3) is 3.20. The van der Waals surface area contributed by atoms with Gasteiger partial charge in [0.05, 0.1) is 0 Å². The van der Waals surface area contributed by atoms with Gasteiger partial charge in [-0.15, -0.1) is 0 Å². The number of pyridine rings is 1. The van der Waals surface area contributed by atoms with Crippen LogP contribution in [0.5, 0.6) is 0 Å². The summed E-state index contributed by atoms with van der Waals surface area (Å²) in [7, 11) is 0. The van der Waals surface area contributed by atoms with E-state index in [1.165, 1.54) is 0 Å². The van der Waals surface area contributed by atoms with E-state index >= 15 is 0 Å². The zero-order chi connectivity index (χ0) is 13.8. The van der Waals surface area contributed by atoms with E-state index in [4.69, 9.17) is 9.52 Å². The number of hydrogen-bond acceptors (Lipinski definition) is 4. The molecule has 0 aromatic carbocycles. The molecule has 0 bridgehead atoms. The third-order valence-electron chi connectivity index (χ3n) is 3.04. The molecule has 2 aromatic rings. The van der Waals surface area contributed by atoms with Crippen molar-refractivity contribution in [3.05, 3.63) is 53.2 Å². The molecule has 0 aliphatic heterocycles. The quantitative estimate of drug-likeness (QED) is 0.864. The minimum absolute atomic E-state index is 0.0223. The number of carboxylic acid groups (broad SMARTS) is 1. The first-order valence-electron chi connectivity index (χ1n) is 6.04. The van der Waals surface area contributed by atoms with Crippen LogP contribution in [0.25, 0.3) is 0 Å². The molecule has 5 heteroatoms. The van der Waals surface area contributed by atoms with E-state index in [0.717, 1.165) is 11.1 Å². The van der Waals surface area contributed by atoms with Gasteiger partial charge < -0.3 is 14.8 Å². The maximum atomic E-state index is 10.8. The summed E-state index contributed by atoms with van der Waals surface area (Å²) >= 11 is 0. The molecule has 2 aromatic heterocycles. The number of rotatable bonds is 5. The zero-order valence-electron chi connectivity index (χ0n) is 10.9. The Labute approximate surface area is 111 Å². The van der Waals surface area contributed by atoms with Gasteiger partial charge in [-0.25, -0.2) is 4.79 Å². The standard InChI is InChI=1S/C14H16N2O3/c1-9(11-3-5-15-6-4-11)16-8-12-7-13(14(17)18)19-10(12)2/h3-7,9,16H,8H2,1-2H3,(H,17,18)/t9-/m0/s1. The fraction of sp³-hybridized carbons (Fsp3) is 0.286. The fourth-order valence-corrected chi connectivity index (χ4v) is 1.83. The molecular weight excluding hydrogens is 244 g/mol. The van der Waals surface area contributed by atoms with Crippen molar-refractivity contribution < 1.29 is 14.3 Å². The molecule has 0 unspecified atom stereocenters. The second-order valence-electron chi connectivity index (χ2n) is 4.38. The number of aromatic carboxylic acids is 1. The maximum absolute atomic E-state index is 10.8. The van der Waals surface area contributed by atoms with Gasteiger partial charge in [-0.1, -0.05) is 0 Å². The van der Waals surface area contributed by atoms with Gasteiger partial charge in [-0.2, -0.15) is 0 Å². The molecule has 0 aliphatic rings. The van der Waals surface area contributed by atoms with Crippen LogP contribution >= 0.6 is 0 Å². The summed E-state index contributed by atoms with van der Waals surface area (Å²) in [6.45, 7) is 4.37. The molecule has 1 atom stereocenters. The first-order valence-corrected chi connectivity index (χ1v) is 6.04. The van der Waals surface area contributed by atoms with Gasteiger partial charge in [0.1, 0.15) is 5.76 Å². The maximum Gasteiger partial charge on any atom is 0.371 e. The molecule has 0 amide bonds. The number of aryl methyl sites for hydroxylation is 1. The van der Waals surface area contributed by atoms with Crippen LogP contribution in [-0.4, -0.2) is 16.1 Å². The number of carboxylic acids is 1. The summed E-state index contributed by atoms with van der Waals surface area (Å²) in [6.07, 6.45) is 3.50. The largest absolute Gasteiger partial charge is 0.475 e. The van der Waals surface area contributed by atoms with Crippen molar-refractivity contribution >= 4 is 5.97 Å². The van der Waals surface area contributed by atoms with Crippen molar-refractivity contribution in [3.8, 4) is 0 Å². The summed E-state index contributed by atoms with van der Waals surface area (Å²) in [5.74, 6) is -0.436. The Balaban J connectivity index is 2.01. The van der Waals surface area contributed by atoms with Crippen molar-refractivity contribution in [2.75, 3.05) is 0 Å². The van der Waals surface area contributed by atoms with E-state index in [1.807, 2.05) is 19.1 Å². The van der Waals surface area contributed by atoms with Crippen LogP contribution in [0.2, 0.25) is 0 Å². The van der Waals surface area contributed by atoms with E-state index < -0.39 is 5.97 Å². The number of hydrogen-bond donors (Lipinski definition) is 2. The lowest BCUT2D eigenvalue weighted by atomic mass is 10.1. The number of aromatic nitrogens is 1. The van der Waals surface area contributed by atoms with Crippen LogP contribution in [0.15, 0.2) is 35.0 Å². The van der Waals surface area contributed by atoms with Crippen LogP contribution < -0.4 is 5.32 Å². The van der Waals surface area contributed by atoms with Crippen LogP contribution in [-0.2, 0) is 6.54 Å². The molecule has 19 heavy (non-hydrogen) atoms. The predicted molar refractivity (Wildman–Crippen MR) is 69.9 cm³/mol. The molecule has 0 radical (unpaired) electrons. The van der Waals surface area contributed by atoms with E-state index in [1.54, 1.807) is 25.4 Å². The van der Waals surface area contributed by atoms with Gasteiger partial charge in [-0.05, 0) is 37.6 Å². The van der Waals surface area contributed by atoms with Gasteiger partial charge in [0, 0.05) is 30.5 Å².